The van der Waals surface area contributed by atoms with E-state index in [1.807, 2.05) is 6.07 Å². The maximum Gasteiger partial charge on any atom is 1.00 e. The molecule has 0 spiro atoms. The molecule has 11 nitrogen and oxygen atoms in total. The summed E-state index contributed by atoms with van der Waals surface area (Å²) in [6, 6.07) is 9.00. The molecule has 0 aromatic heterocycles. The number of fused-ring (bicyclic) bond motifs is 1. The average Bonchev–Trinajstić information content (AvgIpc) is 2.79. The van der Waals surface area contributed by atoms with E-state index in [0.717, 1.165) is 24.3 Å². The Morgan fingerprint density at radius 2 is 1.63 bits per heavy atom. The van der Waals surface area contributed by atoms with Crippen molar-refractivity contribution in [3.05, 3.63) is 100 Å². The molecule has 0 bridgehead atoms. The zero-order chi connectivity index (χ0) is 24.5. The number of aliphatic imine (C=N–C) groups is 1. The summed E-state index contributed by atoms with van der Waals surface area (Å²) in [5, 5.41) is 38.3. The van der Waals surface area contributed by atoms with E-state index in [9.17, 15) is 23.2 Å². The molecule has 0 radical (unpaired) electrons. The van der Waals surface area contributed by atoms with Crippen LogP contribution in [-0.2, 0) is 19.5 Å². The molecule has 0 saturated heterocycles. The molecular formula is C22H16N4NaO7S+. The fourth-order valence-corrected chi connectivity index (χ4v) is 3.82. The van der Waals surface area contributed by atoms with Gasteiger partial charge in [0.1, 0.15) is 11.4 Å². The van der Waals surface area contributed by atoms with E-state index in [1.165, 1.54) is 12.2 Å². The van der Waals surface area contributed by atoms with Gasteiger partial charge in [-0.3, -0.25) is 15.2 Å². The molecule has 35 heavy (non-hydrogen) atoms. The number of carbonyl (C=O) groups excluding carboxylic acids is 1. The predicted molar refractivity (Wildman–Crippen MR) is 122 cm³/mol. The second-order valence-corrected chi connectivity index (χ2v) is 8.48. The summed E-state index contributed by atoms with van der Waals surface area (Å²) in [5.74, 6) is -1.47. The number of ketones is 1. The van der Waals surface area contributed by atoms with Crippen LogP contribution in [0.5, 0.6) is 0 Å². The fraction of sp³-hybridized carbons (Fsp3) is 0. The number of carbonyl (C=O) groups is 1. The zero-order valence-corrected chi connectivity index (χ0v) is 21.0. The van der Waals surface area contributed by atoms with E-state index < -0.39 is 32.7 Å². The minimum Gasteiger partial charge on any atom is -0.870 e. The second kappa shape index (κ2) is 10.7. The number of allylic oxidation sites excluding steroid dienone is 10. The molecule has 0 amide bonds. The molecule has 1 aromatic rings. The molecule has 4 rings (SSSR count). The van der Waals surface area contributed by atoms with Crippen LogP contribution in [0.1, 0.15) is 0 Å². The summed E-state index contributed by atoms with van der Waals surface area (Å²) in [4.78, 5) is 15.7. The number of hydroxylamine groups is 2. The summed E-state index contributed by atoms with van der Waals surface area (Å²) >= 11 is 0. The predicted octanol–water partition coefficient (Wildman–Crippen LogP) is -0.883. The van der Waals surface area contributed by atoms with E-state index in [2.05, 4.69) is 15.2 Å². The number of para-hydroxylation sites is 1. The minimum absolute atomic E-state index is 0. The maximum absolute atomic E-state index is 13.0. The first-order valence-electron chi connectivity index (χ1n) is 9.58. The van der Waals surface area contributed by atoms with Gasteiger partial charge >= 0.3 is 40.1 Å². The van der Waals surface area contributed by atoms with Crippen LogP contribution in [0.25, 0.3) is 0 Å². The third kappa shape index (κ3) is 5.96. The van der Waals surface area contributed by atoms with Gasteiger partial charge in [0, 0.05) is 6.08 Å². The Hall–Kier alpha value is -3.07. The van der Waals surface area contributed by atoms with Gasteiger partial charge in [0.2, 0.25) is 5.78 Å². The van der Waals surface area contributed by atoms with Crippen LogP contribution in [-0.4, -0.2) is 47.7 Å². The minimum atomic E-state index is -4.66. The Morgan fingerprint density at radius 3 is 2.29 bits per heavy atom. The van der Waals surface area contributed by atoms with Crippen molar-refractivity contribution in [2.75, 3.05) is 0 Å². The van der Waals surface area contributed by atoms with Gasteiger partial charge in [0.25, 0.3) is 4.91 Å². The van der Waals surface area contributed by atoms with Crippen LogP contribution in [0, 0.1) is 0 Å². The first-order chi connectivity index (χ1) is 16.1. The van der Waals surface area contributed by atoms with Crippen molar-refractivity contribution in [1.82, 2.24) is 5.23 Å². The van der Waals surface area contributed by atoms with Crippen molar-refractivity contribution in [3.8, 4) is 0 Å². The van der Waals surface area contributed by atoms with Gasteiger partial charge in [-0.25, -0.2) is 4.99 Å². The molecule has 0 fully saturated rings. The molecule has 0 aliphatic heterocycles. The Balaban J connectivity index is 0.00000342. The molecular weight excluding hydrogens is 487 g/mol. The van der Waals surface area contributed by atoms with Gasteiger partial charge in [0.05, 0.1) is 17.1 Å². The molecule has 1 aromatic carbocycles. The summed E-state index contributed by atoms with van der Waals surface area (Å²) in [6.07, 6.45) is 8.72. The zero-order valence-electron chi connectivity index (χ0n) is 18.1. The molecule has 13 heteroatoms. The van der Waals surface area contributed by atoms with Gasteiger partial charge in [-0.1, -0.05) is 30.0 Å². The quantitative estimate of drug-likeness (QED) is 0.177. The molecule has 0 unspecified atom stereocenters. The summed E-state index contributed by atoms with van der Waals surface area (Å²) in [5.41, 5.74) is 0.225. The molecule has 3 aliphatic carbocycles. The van der Waals surface area contributed by atoms with Crippen LogP contribution < -0.4 is 34.7 Å². The van der Waals surface area contributed by atoms with Crippen LogP contribution in [0.4, 0.5) is 5.69 Å². The number of hydrogen-bond donors (Lipinski definition) is 4. The average molecular weight is 503 g/mol. The van der Waals surface area contributed by atoms with Crippen molar-refractivity contribution < 1.29 is 63.2 Å². The van der Waals surface area contributed by atoms with E-state index in [0.29, 0.717) is 11.4 Å². The van der Waals surface area contributed by atoms with Gasteiger partial charge in [0.15, 0.2) is 0 Å². The van der Waals surface area contributed by atoms with Crippen LogP contribution >= 0.6 is 0 Å². The van der Waals surface area contributed by atoms with Gasteiger partial charge < -0.3 is 5.11 Å². The summed E-state index contributed by atoms with van der Waals surface area (Å²) in [6.45, 7) is 0. The number of hydrogen-bond acceptors (Lipinski definition) is 9. The Morgan fingerprint density at radius 1 is 0.914 bits per heavy atom. The van der Waals surface area contributed by atoms with Gasteiger partial charge in [-0.05, 0) is 57.9 Å². The SMILES string of the molecule is O=C1C=CC(N(O)O)=CC1=NN=C1C([S+](=O)(O)O)=CC2=CC(=Nc3ccccc3)C=CC2=C1[O-].[Na+]. The van der Waals surface area contributed by atoms with Gasteiger partial charge in [-0.2, -0.15) is 9.11 Å². The van der Waals surface area contributed by atoms with Gasteiger partial charge in [-0.15, -0.1) is 15.4 Å². The van der Waals surface area contributed by atoms with E-state index in [4.69, 9.17) is 10.4 Å². The number of rotatable bonds is 4. The second-order valence-electron chi connectivity index (χ2n) is 7.04. The van der Waals surface area contributed by atoms with E-state index >= 15 is 0 Å². The molecule has 4 N–H and O–H groups in total. The normalized spacial score (nSPS) is 21.0. The molecule has 172 valence electrons. The van der Waals surface area contributed by atoms with Crippen molar-refractivity contribution in [2.45, 2.75) is 0 Å². The monoisotopic (exact) mass is 503 g/mol. The van der Waals surface area contributed by atoms with Crippen molar-refractivity contribution in [3.63, 3.8) is 0 Å². The van der Waals surface area contributed by atoms with Crippen LogP contribution in [0.2, 0.25) is 0 Å². The van der Waals surface area contributed by atoms with E-state index in [1.54, 1.807) is 30.3 Å². The molecule has 0 saturated carbocycles. The largest absolute Gasteiger partial charge is 1.00 e. The fourth-order valence-electron chi connectivity index (χ4n) is 3.16. The molecule has 3 aliphatic rings. The molecule has 0 atom stereocenters. The Bertz CT molecular complexity index is 1390. The molecule has 0 heterocycles. The van der Waals surface area contributed by atoms with Crippen molar-refractivity contribution in [1.29, 1.82) is 0 Å². The Kier molecular flexibility index (Phi) is 8.10. The van der Waals surface area contributed by atoms with Crippen LogP contribution in [0.3, 0.4) is 0 Å². The first-order valence-corrected chi connectivity index (χ1v) is 11.0. The van der Waals surface area contributed by atoms with E-state index in [-0.39, 0.29) is 57.3 Å². The third-order valence-corrected chi connectivity index (χ3v) is 5.63. The number of benzene rings is 1. The third-order valence-electron chi connectivity index (χ3n) is 4.75. The maximum atomic E-state index is 13.0. The smallest absolute Gasteiger partial charge is 0.870 e. The topological polar surface area (TPSA) is 178 Å². The number of nitrogens with zero attached hydrogens (tertiary/aromatic N) is 4. The van der Waals surface area contributed by atoms with Crippen LogP contribution in [0.15, 0.2) is 116 Å². The van der Waals surface area contributed by atoms with Crippen molar-refractivity contribution >= 4 is 39.1 Å². The first kappa shape index (κ1) is 26.5. The summed E-state index contributed by atoms with van der Waals surface area (Å²) < 4.78 is 31.7. The van der Waals surface area contributed by atoms with Crippen molar-refractivity contribution in [2.24, 2.45) is 15.2 Å². The Labute approximate surface area is 222 Å². The standard InChI is InChI=1S/C22H16N4O7S.Na/c27-19-9-7-16(26(29)30)12-18(19)24-25-21-20(34(31,32)33)11-13-10-15(6-8-17(13)22(21)28)23-14-4-2-1-3-5-14;/h1-12,29-30H,(H2-,23,28,31,32,33);/q;+1. The summed E-state index contributed by atoms with van der Waals surface area (Å²) in [7, 11) is -4.66.